The second-order valence-electron chi connectivity index (χ2n) is 1.26. The van der Waals surface area contributed by atoms with Gasteiger partial charge in [-0.2, -0.15) is 0 Å². The molecule has 0 aromatic heterocycles. The Balaban J connectivity index is 0. The van der Waals surface area contributed by atoms with Crippen LogP contribution < -0.4 is 11.5 Å². The highest BCUT2D eigenvalue weighted by Gasteiger charge is 1.99. The Kier molecular flexibility index (Phi) is 8.28. The average Bonchev–Trinajstić information content (AvgIpc) is 1.68. The molecule has 0 aliphatic heterocycles. The van der Waals surface area contributed by atoms with Gasteiger partial charge >= 0.3 is 5.97 Å². The maximum absolute atomic E-state index is 9.57. The summed E-state index contributed by atoms with van der Waals surface area (Å²) in [6.07, 6.45) is 0.250. The van der Waals surface area contributed by atoms with Gasteiger partial charge in [-0.3, -0.25) is 9.59 Å². The quantitative estimate of drug-likeness (QED) is 0.380. The monoisotopic (exact) mass is 134 g/mol. The van der Waals surface area contributed by atoms with Crippen molar-refractivity contribution in [2.24, 2.45) is 11.5 Å². The molecule has 9 heavy (non-hydrogen) atoms. The molecule has 0 saturated heterocycles. The molecule has 0 aliphatic rings. The zero-order chi connectivity index (χ0) is 7.86. The first-order valence-electron chi connectivity index (χ1n) is 2.20. The number of primary amides is 1. The van der Waals surface area contributed by atoms with Gasteiger partial charge in [-0.15, -0.1) is 0 Å². The number of carboxylic acids is 1. The Labute approximate surface area is 52.6 Å². The summed E-state index contributed by atoms with van der Waals surface area (Å²) in [5.41, 5.74) is 9.00. The smallest absolute Gasteiger partial charge is 0.320 e. The van der Waals surface area contributed by atoms with E-state index in [1.807, 2.05) is 0 Å². The van der Waals surface area contributed by atoms with Gasteiger partial charge in [-0.25, -0.2) is 0 Å². The summed E-state index contributed by atoms with van der Waals surface area (Å²) >= 11 is 0. The van der Waals surface area contributed by atoms with E-state index in [2.05, 4.69) is 5.73 Å². The summed E-state index contributed by atoms with van der Waals surface area (Å²) in [4.78, 5) is 18.2. The van der Waals surface area contributed by atoms with Crippen LogP contribution in [0.3, 0.4) is 0 Å². The molecule has 1 amide bonds. The number of carboxylic acid groups (broad SMARTS) is 1. The van der Waals surface area contributed by atoms with Gasteiger partial charge in [0.15, 0.2) is 0 Å². The Hall–Kier alpha value is -1.10. The predicted molar refractivity (Wildman–Crippen MR) is 31.5 cm³/mol. The van der Waals surface area contributed by atoms with Gasteiger partial charge in [0.05, 0.1) is 0 Å². The fourth-order valence-electron chi connectivity index (χ4n) is 0. The first-order valence-corrected chi connectivity index (χ1v) is 2.20. The fourth-order valence-corrected chi connectivity index (χ4v) is 0. The average molecular weight is 134 g/mol. The van der Waals surface area contributed by atoms with Gasteiger partial charge < -0.3 is 16.6 Å². The van der Waals surface area contributed by atoms with Crippen LogP contribution in [0.15, 0.2) is 0 Å². The number of carbonyl (C=O) groups is 2. The molecule has 0 heterocycles. The second-order valence-corrected chi connectivity index (χ2v) is 1.26. The zero-order valence-corrected chi connectivity index (χ0v) is 5.07. The Morgan fingerprint density at radius 2 is 1.89 bits per heavy atom. The molecule has 0 bridgehead atoms. The van der Waals surface area contributed by atoms with E-state index >= 15 is 0 Å². The van der Waals surface area contributed by atoms with Crippen LogP contribution in [0, 0.1) is 0 Å². The predicted octanol–water partition coefficient (Wildman–Crippen LogP) is -1.48. The SMILES string of the molecule is C[C@@H](N)C(=O)O.NC=O. The lowest BCUT2D eigenvalue weighted by Crippen LogP contribution is -2.25. The van der Waals surface area contributed by atoms with Gasteiger partial charge in [0.2, 0.25) is 6.41 Å². The minimum atomic E-state index is -0.963. The van der Waals surface area contributed by atoms with Crippen molar-refractivity contribution in [1.82, 2.24) is 0 Å². The van der Waals surface area contributed by atoms with E-state index in [9.17, 15) is 4.79 Å². The van der Waals surface area contributed by atoms with E-state index < -0.39 is 12.0 Å². The molecule has 0 rings (SSSR count). The molecule has 5 heteroatoms. The number of rotatable bonds is 1. The summed E-state index contributed by atoms with van der Waals surface area (Å²) in [5.74, 6) is -0.963. The largest absolute Gasteiger partial charge is 0.480 e. The molecule has 54 valence electrons. The van der Waals surface area contributed by atoms with Crippen molar-refractivity contribution < 1.29 is 14.7 Å². The van der Waals surface area contributed by atoms with E-state index in [1.54, 1.807) is 0 Å². The number of carbonyl (C=O) groups excluding carboxylic acids is 1. The van der Waals surface area contributed by atoms with Gasteiger partial charge in [0.1, 0.15) is 6.04 Å². The Morgan fingerprint density at radius 1 is 1.78 bits per heavy atom. The number of amides is 1. The second kappa shape index (κ2) is 6.90. The van der Waals surface area contributed by atoms with E-state index in [4.69, 9.17) is 15.6 Å². The molecule has 0 fully saturated rings. The lowest BCUT2D eigenvalue weighted by atomic mass is 10.4. The number of nitrogens with two attached hydrogens (primary N) is 2. The molecule has 5 N–H and O–H groups in total. The van der Waals surface area contributed by atoms with Crippen molar-refractivity contribution in [3.05, 3.63) is 0 Å². The van der Waals surface area contributed by atoms with Gasteiger partial charge in [-0.1, -0.05) is 0 Å². The molecule has 1 atom stereocenters. The molecule has 5 nitrogen and oxygen atoms in total. The van der Waals surface area contributed by atoms with Crippen LogP contribution in [0.5, 0.6) is 0 Å². The third kappa shape index (κ3) is 19.7. The summed E-state index contributed by atoms with van der Waals surface area (Å²) in [5, 5.41) is 7.87. The fraction of sp³-hybridized carbons (Fsp3) is 0.500. The Morgan fingerprint density at radius 3 is 1.89 bits per heavy atom. The Bertz CT molecular complexity index is 91.8. The topological polar surface area (TPSA) is 106 Å². The van der Waals surface area contributed by atoms with Crippen molar-refractivity contribution >= 4 is 12.4 Å². The summed E-state index contributed by atoms with van der Waals surface area (Å²) in [6.45, 7) is 1.42. The first kappa shape index (κ1) is 10.8. The molecule has 0 unspecified atom stereocenters. The lowest BCUT2D eigenvalue weighted by Gasteiger charge is -1.90. The van der Waals surface area contributed by atoms with Crippen molar-refractivity contribution in [2.45, 2.75) is 13.0 Å². The summed E-state index contributed by atoms with van der Waals surface area (Å²) in [7, 11) is 0. The van der Waals surface area contributed by atoms with E-state index in [-0.39, 0.29) is 6.41 Å². The van der Waals surface area contributed by atoms with Crippen molar-refractivity contribution in [2.75, 3.05) is 0 Å². The van der Waals surface area contributed by atoms with E-state index in [0.717, 1.165) is 0 Å². The zero-order valence-electron chi connectivity index (χ0n) is 5.07. The third-order valence-electron chi connectivity index (χ3n) is 0.390. The van der Waals surface area contributed by atoms with Crippen molar-refractivity contribution in [3.8, 4) is 0 Å². The molecule has 0 aromatic carbocycles. The number of aliphatic carboxylic acids is 1. The van der Waals surface area contributed by atoms with Crippen LogP contribution in [0.2, 0.25) is 0 Å². The third-order valence-corrected chi connectivity index (χ3v) is 0.390. The number of hydrogen-bond acceptors (Lipinski definition) is 3. The van der Waals surface area contributed by atoms with Crippen LogP contribution in [0.4, 0.5) is 0 Å². The van der Waals surface area contributed by atoms with E-state index in [1.165, 1.54) is 6.92 Å². The minimum Gasteiger partial charge on any atom is -0.480 e. The highest BCUT2D eigenvalue weighted by Crippen LogP contribution is 1.68. The van der Waals surface area contributed by atoms with Crippen LogP contribution >= 0.6 is 0 Å². The molecule has 0 radical (unpaired) electrons. The molecule has 0 aliphatic carbocycles. The van der Waals surface area contributed by atoms with Crippen molar-refractivity contribution in [1.29, 1.82) is 0 Å². The minimum absolute atomic E-state index is 0.250. The maximum Gasteiger partial charge on any atom is 0.320 e. The molecular formula is C4H10N2O3. The van der Waals surface area contributed by atoms with E-state index in [0.29, 0.717) is 0 Å². The molecule has 0 spiro atoms. The van der Waals surface area contributed by atoms with Crippen LogP contribution in [-0.4, -0.2) is 23.5 Å². The first-order chi connectivity index (χ1) is 4.06. The van der Waals surface area contributed by atoms with Crippen molar-refractivity contribution in [3.63, 3.8) is 0 Å². The van der Waals surface area contributed by atoms with Gasteiger partial charge in [-0.05, 0) is 6.92 Å². The summed E-state index contributed by atoms with van der Waals surface area (Å²) < 4.78 is 0. The maximum atomic E-state index is 9.57. The standard InChI is InChI=1S/C3H7NO2.CH3NO/c1-2(4)3(5)6;2-1-3/h2H,4H2,1H3,(H,5,6);1H,(H2,2,3)/t2-;/m1./s1. The highest BCUT2D eigenvalue weighted by molar-refractivity contribution is 5.72. The highest BCUT2D eigenvalue weighted by atomic mass is 16.4. The lowest BCUT2D eigenvalue weighted by molar-refractivity contribution is -0.138. The summed E-state index contributed by atoms with van der Waals surface area (Å²) in [6, 6.07) is -0.731. The molecular weight excluding hydrogens is 124 g/mol. The van der Waals surface area contributed by atoms with Crippen LogP contribution in [0.25, 0.3) is 0 Å². The van der Waals surface area contributed by atoms with Crippen LogP contribution in [-0.2, 0) is 9.59 Å². The van der Waals surface area contributed by atoms with Gasteiger partial charge in [0.25, 0.3) is 0 Å². The molecule has 0 aromatic rings. The number of hydrogen-bond donors (Lipinski definition) is 3. The molecule has 0 saturated carbocycles. The van der Waals surface area contributed by atoms with Crippen LogP contribution in [0.1, 0.15) is 6.92 Å². The normalized spacial score (nSPS) is 10.4. The van der Waals surface area contributed by atoms with Gasteiger partial charge in [0, 0.05) is 0 Å².